The molecular weight excluding hydrogens is 538 g/mol. The van der Waals surface area contributed by atoms with Crippen molar-refractivity contribution in [1.29, 1.82) is 0 Å². The number of benzene rings is 3. The molecule has 0 unspecified atom stereocenters. The van der Waals surface area contributed by atoms with Gasteiger partial charge in [-0.25, -0.2) is 4.79 Å². The van der Waals surface area contributed by atoms with Crippen LogP contribution in [-0.2, 0) is 24.2 Å². The Balaban J connectivity index is 1.35. The molecule has 0 spiro atoms. The molecule has 2 aliphatic heterocycles. The van der Waals surface area contributed by atoms with E-state index in [0.717, 1.165) is 17.0 Å². The standard InChI is InChI=1S/C33H38ClN3O4/c1-33(2,3)41-32(39)36-17-14-25(15-18-36)35-31(38)29-26-16-19-40-30(26)28(20-27(29)34)37(21-23-10-6-4-7-11-23)22-24-12-8-5-9-13-24/h4-13,20,25H,14-19,21-22H2,1-3H3,(H,35,38). The minimum absolute atomic E-state index is 0.0532. The zero-order chi connectivity index (χ0) is 29.0. The number of nitrogens with one attached hydrogen (secondary N) is 1. The van der Waals surface area contributed by atoms with Crippen molar-refractivity contribution in [3.05, 3.63) is 94.0 Å². The Labute approximate surface area is 247 Å². The van der Waals surface area contributed by atoms with Gasteiger partial charge >= 0.3 is 6.09 Å². The molecule has 2 aliphatic rings. The average Bonchev–Trinajstić information content (AvgIpc) is 3.42. The highest BCUT2D eigenvalue weighted by Crippen LogP contribution is 2.43. The van der Waals surface area contributed by atoms with E-state index in [4.69, 9.17) is 21.1 Å². The second kappa shape index (κ2) is 12.4. The first kappa shape index (κ1) is 28.8. The van der Waals surface area contributed by atoms with Crippen LogP contribution in [0.3, 0.4) is 0 Å². The van der Waals surface area contributed by atoms with Crippen LogP contribution in [0.15, 0.2) is 66.7 Å². The summed E-state index contributed by atoms with van der Waals surface area (Å²) in [6.07, 6.45) is 1.61. The van der Waals surface area contributed by atoms with Gasteiger partial charge in [-0.3, -0.25) is 4.79 Å². The van der Waals surface area contributed by atoms with Gasteiger partial charge in [0.1, 0.15) is 11.4 Å². The summed E-state index contributed by atoms with van der Waals surface area (Å²) in [5.41, 5.74) is 4.03. The van der Waals surface area contributed by atoms with Gasteiger partial charge < -0.3 is 24.6 Å². The lowest BCUT2D eigenvalue weighted by Gasteiger charge is -2.34. The van der Waals surface area contributed by atoms with Gasteiger partial charge in [0, 0.05) is 44.2 Å². The van der Waals surface area contributed by atoms with Gasteiger partial charge in [-0.05, 0) is 50.8 Å². The summed E-state index contributed by atoms with van der Waals surface area (Å²) in [5.74, 6) is 0.530. The van der Waals surface area contributed by atoms with Crippen molar-refractivity contribution < 1.29 is 19.1 Å². The molecule has 0 atom stereocenters. The fourth-order valence-electron chi connectivity index (χ4n) is 5.43. The number of carbonyl (C=O) groups is 2. The maximum atomic E-state index is 13.6. The lowest BCUT2D eigenvalue weighted by atomic mass is 10.00. The number of fused-ring (bicyclic) bond motifs is 1. The number of halogens is 1. The van der Waals surface area contributed by atoms with Crippen molar-refractivity contribution in [1.82, 2.24) is 10.2 Å². The largest absolute Gasteiger partial charge is 0.491 e. The van der Waals surface area contributed by atoms with Crippen LogP contribution < -0.4 is 15.0 Å². The van der Waals surface area contributed by atoms with Crippen LogP contribution in [0.1, 0.15) is 60.7 Å². The highest BCUT2D eigenvalue weighted by molar-refractivity contribution is 6.34. The normalized spacial score (nSPS) is 15.2. The number of likely N-dealkylation sites (tertiary alicyclic amines) is 1. The third-order valence-corrected chi connectivity index (χ3v) is 7.69. The van der Waals surface area contributed by atoms with E-state index in [0.29, 0.717) is 62.6 Å². The van der Waals surface area contributed by atoms with Crippen molar-refractivity contribution in [3.63, 3.8) is 0 Å². The number of piperidine rings is 1. The Morgan fingerprint density at radius 1 is 1.00 bits per heavy atom. The Hall–Kier alpha value is -3.71. The van der Waals surface area contributed by atoms with E-state index in [9.17, 15) is 9.59 Å². The smallest absolute Gasteiger partial charge is 0.410 e. The molecule has 3 aromatic rings. The van der Waals surface area contributed by atoms with Crippen molar-refractivity contribution in [2.45, 2.75) is 64.8 Å². The molecule has 3 aromatic carbocycles. The van der Waals surface area contributed by atoms with Crippen LogP contribution in [0.25, 0.3) is 0 Å². The third kappa shape index (κ3) is 7.14. The van der Waals surface area contributed by atoms with Gasteiger partial charge in [0.05, 0.1) is 22.9 Å². The summed E-state index contributed by atoms with van der Waals surface area (Å²) < 4.78 is 11.7. The van der Waals surface area contributed by atoms with Crippen molar-refractivity contribution >= 4 is 29.3 Å². The van der Waals surface area contributed by atoms with Crippen LogP contribution in [0.2, 0.25) is 5.02 Å². The second-order valence-corrected chi connectivity index (χ2v) is 12.1. The summed E-state index contributed by atoms with van der Waals surface area (Å²) in [6, 6.07) is 22.4. The molecule has 216 valence electrons. The predicted molar refractivity (Wildman–Crippen MR) is 162 cm³/mol. The Morgan fingerprint density at radius 2 is 1.59 bits per heavy atom. The van der Waals surface area contributed by atoms with Crippen LogP contribution in [0.5, 0.6) is 5.75 Å². The molecule has 2 amide bonds. The van der Waals surface area contributed by atoms with E-state index in [1.807, 2.05) is 63.2 Å². The highest BCUT2D eigenvalue weighted by atomic mass is 35.5. The lowest BCUT2D eigenvalue weighted by molar-refractivity contribution is 0.0199. The third-order valence-electron chi connectivity index (χ3n) is 7.39. The van der Waals surface area contributed by atoms with Gasteiger partial charge in [0.2, 0.25) is 0 Å². The minimum Gasteiger partial charge on any atom is -0.491 e. The first-order valence-corrected chi connectivity index (χ1v) is 14.7. The number of carbonyl (C=O) groups excluding carboxylic acids is 2. The monoisotopic (exact) mass is 575 g/mol. The van der Waals surface area contributed by atoms with E-state index in [-0.39, 0.29) is 18.0 Å². The Kier molecular flexibility index (Phi) is 8.74. The summed E-state index contributed by atoms with van der Waals surface area (Å²) in [7, 11) is 0. The molecular formula is C33H38ClN3O4. The minimum atomic E-state index is -0.536. The number of hydrogen-bond donors (Lipinski definition) is 1. The summed E-state index contributed by atoms with van der Waals surface area (Å²) in [5, 5.41) is 3.59. The van der Waals surface area contributed by atoms with Gasteiger partial charge in [-0.15, -0.1) is 0 Å². The Bertz CT molecular complexity index is 1330. The summed E-state index contributed by atoms with van der Waals surface area (Å²) >= 11 is 6.89. The molecule has 0 saturated carbocycles. The average molecular weight is 576 g/mol. The SMILES string of the molecule is CC(C)(C)OC(=O)N1CCC(NC(=O)c2c(Cl)cc(N(Cc3ccccc3)Cc3ccccc3)c3c2CCO3)CC1. The number of ether oxygens (including phenoxy) is 2. The van der Waals surface area contributed by atoms with Gasteiger partial charge in [-0.1, -0.05) is 72.3 Å². The van der Waals surface area contributed by atoms with Crippen LogP contribution in [0, 0.1) is 0 Å². The first-order chi connectivity index (χ1) is 19.7. The number of anilines is 1. The van der Waals surface area contributed by atoms with E-state index >= 15 is 0 Å². The predicted octanol–water partition coefficient (Wildman–Crippen LogP) is 6.61. The molecule has 0 radical (unpaired) electrons. The highest BCUT2D eigenvalue weighted by Gasteiger charge is 2.32. The number of rotatable bonds is 7. The van der Waals surface area contributed by atoms with Crippen molar-refractivity contribution in [3.8, 4) is 5.75 Å². The molecule has 0 bridgehead atoms. The summed E-state index contributed by atoms with van der Waals surface area (Å²) in [4.78, 5) is 30.0. The molecule has 1 saturated heterocycles. The van der Waals surface area contributed by atoms with Crippen LogP contribution in [0.4, 0.5) is 10.5 Å². The molecule has 0 aromatic heterocycles. The lowest BCUT2D eigenvalue weighted by Crippen LogP contribution is -2.48. The maximum Gasteiger partial charge on any atom is 0.410 e. The Morgan fingerprint density at radius 3 is 2.15 bits per heavy atom. The number of hydrogen-bond acceptors (Lipinski definition) is 5. The van der Waals surface area contributed by atoms with Crippen LogP contribution in [-0.4, -0.2) is 48.2 Å². The molecule has 8 heteroatoms. The quantitative estimate of drug-likeness (QED) is 0.343. The molecule has 2 heterocycles. The van der Waals surface area contributed by atoms with Crippen molar-refractivity contribution in [2.75, 3.05) is 24.6 Å². The molecule has 1 N–H and O–H groups in total. The van der Waals surface area contributed by atoms with E-state index < -0.39 is 5.60 Å². The number of amides is 2. The summed E-state index contributed by atoms with van der Waals surface area (Å²) in [6.45, 7) is 8.48. The molecule has 7 nitrogen and oxygen atoms in total. The zero-order valence-corrected chi connectivity index (χ0v) is 24.7. The number of nitrogens with zero attached hydrogens (tertiary/aromatic N) is 2. The van der Waals surface area contributed by atoms with Gasteiger partial charge in [0.15, 0.2) is 0 Å². The van der Waals surface area contributed by atoms with Crippen LogP contribution >= 0.6 is 11.6 Å². The van der Waals surface area contributed by atoms with E-state index in [2.05, 4.69) is 34.5 Å². The first-order valence-electron chi connectivity index (χ1n) is 14.3. The van der Waals surface area contributed by atoms with E-state index in [1.54, 1.807) is 4.90 Å². The van der Waals surface area contributed by atoms with Gasteiger partial charge in [0.25, 0.3) is 5.91 Å². The molecule has 0 aliphatic carbocycles. The van der Waals surface area contributed by atoms with Gasteiger partial charge in [-0.2, -0.15) is 0 Å². The van der Waals surface area contributed by atoms with Crippen molar-refractivity contribution in [2.24, 2.45) is 0 Å². The molecule has 5 rings (SSSR count). The fraction of sp³-hybridized carbons (Fsp3) is 0.394. The topological polar surface area (TPSA) is 71.1 Å². The molecule has 1 fully saturated rings. The second-order valence-electron chi connectivity index (χ2n) is 11.7. The maximum absolute atomic E-state index is 13.6. The fourth-order valence-corrected chi connectivity index (χ4v) is 5.73. The van der Waals surface area contributed by atoms with E-state index in [1.165, 1.54) is 11.1 Å². The zero-order valence-electron chi connectivity index (χ0n) is 24.0. The molecule has 41 heavy (non-hydrogen) atoms.